The highest BCUT2D eigenvalue weighted by atomic mass is 32.2. The average molecular weight is 436 g/mol. The van der Waals surface area contributed by atoms with E-state index in [2.05, 4.69) is 38.7 Å². The number of hydrogen-bond donors (Lipinski definition) is 1. The van der Waals surface area contributed by atoms with Crippen LogP contribution >= 0.6 is 11.8 Å². The van der Waals surface area contributed by atoms with E-state index in [-0.39, 0.29) is 11.4 Å². The van der Waals surface area contributed by atoms with E-state index in [1.54, 1.807) is 0 Å². The molecular weight excluding hydrogens is 401 g/mol. The van der Waals surface area contributed by atoms with Gasteiger partial charge in [-0.3, -0.25) is 9.89 Å². The quantitative estimate of drug-likeness (QED) is 0.565. The fourth-order valence-electron chi connectivity index (χ4n) is 4.58. The summed E-state index contributed by atoms with van der Waals surface area (Å²) in [5, 5.41) is 3.52. The number of morpholine rings is 1. The first-order valence-electron chi connectivity index (χ1n) is 11.1. The van der Waals surface area contributed by atoms with Gasteiger partial charge in [0.25, 0.3) is 0 Å². The molecule has 0 amide bonds. The summed E-state index contributed by atoms with van der Waals surface area (Å²) in [5.41, 5.74) is 1.26. The summed E-state index contributed by atoms with van der Waals surface area (Å²) >= 11 is 2.06. The van der Waals surface area contributed by atoms with Crippen LogP contribution in [0.15, 0.2) is 29.3 Å². The van der Waals surface area contributed by atoms with Gasteiger partial charge in [-0.1, -0.05) is 0 Å². The van der Waals surface area contributed by atoms with Crippen molar-refractivity contribution in [2.24, 2.45) is 4.99 Å². The minimum absolute atomic E-state index is 0.172. The molecule has 3 heterocycles. The fraction of sp³-hybridized carbons (Fsp3) is 0.682. The molecule has 0 saturated carbocycles. The van der Waals surface area contributed by atoms with Crippen LogP contribution < -0.4 is 10.2 Å². The monoisotopic (exact) mass is 435 g/mol. The van der Waals surface area contributed by atoms with Crippen molar-refractivity contribution in [2.75, 3.05) is 82.0 Å². The van der Waals surface area contributed by atoms with E-state index in [1.165, 1.54) is 24.3 Å². The Labute approximate surface area is 183 Å². The Bertz CT molecular complexity index is 696. The molecule has 1 atom stereocenters. The number of hydrogen-bond acceptors (Lipinski definition) is 5. The van der Waals surface area contributed by atoms with Crippen molar-refractivity contribution in [3.05, 3.63) is 30.1 Å². The molecule has 6 nitrogen and oxygen atoms in total. The number of halogens is 1. The normalized spacial score (nSPS) is 26.3. The molecule has 3 saturated heterocycles. The molecule has 0 bridgehead atoms. The van der Waals surface area contributed by atoms with Crippen LogP contribution in [0.2, 0.25) is 0 Å². The van der Waals surface area contributed by atoms with Crippen LogP contribution in [0, 0.1) is 5.82 Å². The summed E-state index contributed by atoms with van der Waals surface area (Å²) in [6.45, 7) is 11.2. The zero-order valence-corrected chi connectivity index (χ0v) is 18.8. The molecule has 166 valence electrons. The van der Waals surface area contributed by atoms with Crippen LogP contribution in [0.3, 0.4) is 0 Å². The van der Waals surface area contributed by atoms with Gasteiger partial charge in [0, 0.05) is 57.3 Å². The number of rotatable bonds is 5. The average Bonchev–Trinajstić information content (AvgIpc) is 3.28. The molecule has 3 fully saturated rings. The number of nitrogens with zero attached hydrogens (tertiary/aromatic N) is 4. The highest BCUT2D eigenvalue weighted by Gasteiger charge is 2.40. The van der Waals surface area contributed by atoms with E-state index >= 15 is 0 Å². The van der Waals surface area contributed by atoms with Gasteiger partial charge in [-0.25, -0.2) is 4.39 Å². The van der Waals surface area contributed by atoms with Gasteiger partial charge in [-0.15, -0.1) is 0 Å². The Morgan fingerprint density at radius 1 is 1.13 bits per heavy atom. The molecular formula is C22H34FN5OS. The third-order valence-corrected chi connectivity index (χ3v) is 7.63. The van der Waals surface area contributed by atoms with Gasteiger partial charge in [-0.05, 0) is 43.4 Å². The van der Waals surface area contributed by atoms with Crippen molar-refractivity contribution in [1.82, 2.24) is 15.1 Å². The SMILES string of the molecule is CCNC(=NCC1(N2CCOCC2)CCSC1)N1CCN(c2ccc(F)cc2)CC1. The molecule has 0 aromatic heterocycles. The molecule has 1 unspecified atom stereocenters. The van der Waals surface area contributed by atoms with Crippen LogP contribution in [-0.4, -0.2) is 98.4 Å². The zero-order chi connectivity index (χ0) is 20.8. The van der Waals surface area contributed by atoms with Gasteiger partial charge >= 0.3 is 0 Å². The maximum Gasteiger partial charge on any atom is 0.194 e. The predicted octanol–water partition coefficient (Wildman–Crippen LogP) is 2.12. The highest BCUT2D eigenvalue weighted by molar-refractivity contribution is 7.99. The topological polar surface area (TPSA) is 43.3 Å². The summed E-state index contributed by atoms with van der Waals surface area (Å²) in [5.74, 6) is 3.23. The Morgan fingerprint density at radius 3 is 2.50 bits per heavy atom. The van der Waals surface area contributed by atoms with E-state index in [1.807, 2.05) is 12.1 Å². The molecule has 1 aromatic rings. The zero-order valence-electron chi connectivity index (χ0n) is 18.0. The predicted molar refractivity (Wildman–Crippen MR) is 123 cm³/mol. The number of nitrogens with one attached hydrogen (secondary N) is 1. The van der Waals surface area contributed by atoms with Crippen LogP contribution in [0.25, 0.3) is 0 Å². The number of ether oxygens (including phenoxy) is 1. The van der Waals surface area contributed by atoms with Gasteiger partial charge < -0.3 is 19.9 Å². The van der Waals surface area contributed by atoms with Crippen molar-refractivity contribution >= 4 is 23.4 Å². The number of piperazine rings is 1. The van der Waals surface area contributed by atoms with Crippen molar-refractivity contribution in [3.8, 4) is 0 Å². The fourth-order valence-corrected chi connectivity index (χ4v) is 6.05. The molecule has 4 rings (SSSR count). The second-order valence-electron chi connectivity index (χ2n) is 8.25. The lowest BCUT2D eigenvalue weighted by atomic mass is 9.96. The number of benzene rings is 1. The lowest BCUT2D eigenvalue weighted by Crippen LogP contribution is -2.57. The summed E-state index contributed by atoms with van der Waals surface area (Å²) in [7, 11) is 0. The molecule has 1 aromatic carbocycles. The van der Waals surface area contributed by atoms with Crippen molar-refractivity contribution in [3.63, 3.8) is 0 Å². The molecule has 0 spiro atoms. The second kappa shape index (κ2) is 10.2. The van der Waals surface area contributed by atoms with E-state index in [0.29, 0.717) is 0 Å². The smallest absolute Gasteiger partial charge is 0.194 e. The van der Waals surface area contributed by atoms with Gasteiger partial charge in [0.05, 0.1) is 25.3 Å². The van der Waals surface area contributed by atoms with Crippen LogP contribution in [0.1, 0.15) is 13.3 Å². The minimum Gasteiger partial charge on any atom is -0.379 e. The van der Waals surface area contributed by atoms with Crippen molar-refractivity contribution < 1.29 is 9.13 Å². The molecule has 0 radical (unpaired) electrons. The summed E-state index contributed by atoms with van der Waals surface area (Å²) in [4.78, 5) is 12.5. The summed E-state index contributed by atoms with van der Waals surface area (Å²) < 4.78 is 18.8. The van der Waals surface area contributed by atoms with Gasteiger partial charge in [0.15, 0.2) is 5.96 Å². The lowest BCUT2D eigenvalue weighted by Gasteiger charge is -2.42. The van der Waals surface area contributed by atoms with Gasteiger partial charge in [0.2, 0.25) is 0 Å². The third-order valence-electron chi connectivity index (χ3n) is 6.39. The van der Waals surface area contributed by atoms with E-state index in [0.717, 1.165) is 83.0 Å². The number of aliphatic imine (C=N–C) groups is 1. The first kappa shape index (κ1) is 21.7. The highest BCUT2D eigenvalue weighted by Crippen LogP contribution is 2.34. The first-order chi connectivity index (χ1) is 14.7. The lowest BCUT2D eigenvalue weighted by molar-refractivity contribution is -0.0105. The van der Waals surface area contributed by atoms with Crippen molar-refractivity contribution in [2.45, 2.75) is 18.9 Å². The largest absolute Gasteiger partial charge is 0.379 e. The van der Waals surface area contributed by atoms with Gasteiger partial charge in [-0.2, -0.15) is 11.8 Å². The Morgan fingerprint density at radius 2 is 1.87 bits per heavy atom. The molecule has 3 aliphatic rings. The number of anilines is 1. The Balaban J connectivity index is 1.40. The Kier molecular flexibility index (Phi) is 7.38. The molecule has 1 N–H and O–H groups in total. The number of thioether (sulfide) groups is 1. The summed E-state index contributed by atoms with van der Waals surface area (Å²) in [6, 6.07) is 6.82. The molecule has 30 heavy (non-hydrogen) atoms. The van der Waals surface area contributed by atoms with Crippen LogP contribution in [0.5, 0.6) is 0 Å². The standard InChI is InChI=1S/C22H34FN5OS/c1-2-24-21(25-17-22(7-16-30-18-22)28-12-14-29-15-13-28)27-10-8-26(9-11-27)20-5-3-19(23)4-6-20/h3-6H,2,7-18H2,1H3,(H,24,25). The minimum atomic E-state index is -0.182. The maximum atomic E-state index is 13.2. The van der Waals surface area contributed by atoms with E-state index < -0.39 is 0 Å². The maximum absolute atomic E-state index is 13.2. The van der Waals surface area contributed by atoms with Crippen molar-refractivity contribution in [1.29, 1.82) is 0 Å². The van der Waals surface area contributed by atoms with Crippen LogP contribution in [-0.2, 0) is 4.74 Å². The summed E-state index contributed by atoms with van der Waals surface area (Å²) in [6.07, 6.45) is 1.21. The Hall–Kier alpha value is -1.51. The van der Waals surface area contributed by atoms with Gasteiger partial charge in [0.1, 0.15) is 5.82 Å². The molecule has 3 aliphatic heterocycles. The number of guanidine groups is 1. The molecule has 8 heteroatoms. The third kappa shape index (κ3) is 5.03. The molecule has 0 aliphatic carbocycles. The van der Waals surface area contributed by atoms with E-state index in [9.17, 15) is 4.39 Å². The first-order valence-corrected chi connectivity index (χ1v) is 12.3. The second-order valence-corrected chi connectivity index (χ2v) is 9.35. The van der Waals surface area contributed by atoms with E-state index in [4.69, 9.17) is 9.73 Å². The van der Waals surface area contributed by atoms with Crippen LogP contribution in [0.4, 0.5) is 10.1 Å².